The molecule has 0 unspecified atom stereocenters. The van der Waals surface area contributed by atoms with Crippen molar-refractivity contribution in [2.24, 2.45) is 4.99 Å². The van der Waals surface area contributed by atoms with E-state index in [0.717, 1.165) is 28.0 Å². The Morgan fingerprint density at radius 3 is 2.39 bits per heavy atom. The van der Waals surface area contributed by atoms with E-state index in [1.165, 1.54) is 16.5 Å². The summed E-state index contributed by atoms with van der Waals surface area (Å²) >= 11 is 0. The normalized spacial score (nSPS) is 11.2. The van der Waals surface area contributed by atoms with E-state index < -0.39 is 0 Å². The third-order valence-electron chi connectivity index (χ3n) is 5.00. The molecule has 0 N–H and O–H groups in total. The lowest BCUT2D eigenvalue weighted by molar-refractivity contribution is 0.306. The molecule has 0 saturated heterocycles. The number of aliphatic imine (C=N–C) groups is 1. The monoisotopic (exact) mass is 365 g/mol. The van der Waals surface area contributed by atoms with Gasteiger partial charge in [0.2, 0.25) is 0 Å². The Bertz CT molecular complexity index is 1130. The largest absolute Gasteiger partial charge is 0.488 e. The predicted molar refractivity (Wildman–Crippen MR) is 118 cm³/mol. The van der Waals surface area contributed by atoms with Gasteiger partial charge in [0.15, 0.2) is 0 Å². The van der Waals surface area contributed by atoms with Crippen LogP contribution >= 0.6 is 0 Å². The number of fused-ring (bicyclic) bond motifs is 1. The molecule has 2 nitrogen and oxygen atoms in total. The van der Waals surface area contributed by atoms with Gasteiger partial charge in [0, 0.05) is 11.8 Å². The number of hydrogen-bond acceptors (Lipinski definition) is 2. The Kier molecular flexibility index (Phi) is 5.20. The zero-order valence-electron chi connectivity index (χ0n) is 16.2. The Balaban J connectivity index is 1.71. The van der Waals surface area contributed by atoms with E-state index in [9.17, 15) is 0 Å². The van der Waals surface area contributed by atoms with E-state index in [2.05, 4.69) is 74.5 Å². The van der Waals surface area contributed by atoms with Crippen molar-refractivity contribution in [1.82, 2.24) is 0 Å². The van der Waals surface area contributed by atoms with Crippen molar-refractivity contribution in [1.29, 1.82) is 0 Å². The highest BCUT2D eigenvalue weighted by atomic mass is 16.5. The molecule has 4 aromatic rings. The van der Waals surface area contributed by atoms with Crippen LogP contribution in [0.1, 0.15) is 22.3 Å². The summed E-state index contributed by atoms with van der Waals surface area (Å²) in [6.07, 6.45) is 1.92. The smallest absolute Gasteiger partial charge is 0.129 e. The summed E-state index contributed by atoms with van der Waals surface area (Å²) in [6.45, 7) is 4.76. The van der Waals surface area contributed by atoms with Gasteiger partial charge in [-0.3, -0.25) is 4.99 Å². The van der Waals surface area contributed by atoms with Crippen molar-refractivity contribution < 1.29 is 4.74 Å². The second-order valence-electron chi connectivity index (χ2n) is 7.00. The fourth-order valence-corrected chi connectivity index (χ4v) is 3.21. The standard InChI is InChI=1S/C26H23NO/c1-19-12-14-23(16-20(19)2)27-17-25-24-11-7-6-10-22(24)13-15-26(25)28-18-21-8-4-3-5-9-21/h3-17H,18H2,1-2H3. The minimum atomic E-state index is 0.531. The molecule has 0 amide bonds. The minimum Gasteiger partial charge on any atom is -0.488 e. The number of nitrogens with zero attached hydrogens (tertiary/aromatic N) is 1. The van der Waals surface area contributed by atoms with Gasteiger partial charge in [-0.15, -0.1) is 0 Å². The molecule has 0 aromatic heterocycles. The van der Waals surface area contributed by atoms with Crippen LogP contribution in [0.5, 0.6) is 5.75 Å². The lowest BCUT2D eigenvalue weighted by Crippen LogP contribution is -1.99. The maximum absolute atomic E-state index is 6.17. The summed E-state index contributed by atoms with van der Waals surface area (Å²) in [5, 5.41) is 2.32. The molecule has 0 saturated carbocycles. The summed E-state index contributed by atoms with van der Waals surface area (Å²) in [4.78, 5) is 4.74. The number of aryl methyl sites for hydroxylation is 2. The maximum atomic E-state index is 6.17. The quantitative estimate of drug-likeness (QED) is 0.357. The molecule has 28 heavy (non-hydrogen) atoms. The second kappa shape index (κ2) is 8.10. The first-order chi connectivity index (χ1) is 13.7. The lowest BCUT2D eigenvalue weighted by Gasteiger charge is -2.12. The third-order valence-corrected chi connectivity index (χ3v) is 5.00. The summed E-state index contributed by atoms with van der Waals surface area (Å²) < 4.78 is 6.17. The Morgan fingerprint density at radius 2 is 1.57 bits per heavy atom. The van der Waals surface area contributed by atoms with E-state index in [0.29, 0.717) is 6.61 Å². The predicted octanol–water partition coefficient (Wildman–Crippen LogP) is 6.79. The highest BCUT2D eigenvalue weighted by molar-refractivity contribution is 6.03. The number of benzene rings is 4. The number of rotatable bonds is 5. The third kappa shape index (κ3) is 3.96. The average molecular weight is 365 g/mol. The number of ether oxygens (including phenoxy) is 1. The van der Waals surface area contributed by atoms with Gasteiger partial charge in [-0.2, -0.15) is 0 Å². The molecule has 0 fully saturated rings. The van der Waals surface area contributed by atoms with Crippen LogP contribution in [0.4, 0.5) is 5.69 Å². The molecule has 0 spiro atoms. The molecular formula is C26H23NO. The summed E-state index contributed by atoms with van der Waals surface area (Å²) in [6, 6.07) is 29.0. The fraction of sp³-hybridized carbons (Fsp3) is 0.115. The van der Waals surface area contributed by atoms with Crippen LogP contribution in [0.3, 0.4) is 0 Å². The van der Waals surface area contributed by atoms with Crippen molar-refractivity contribution in [2.75, 3.05) is 0 Å². The molecule has 0 aliphatic heterocycles. The van der Waals surface area contributed by atoms with Gasteiger partial charge in [0.25, 0.3) is 0 Å². The lowest BCUT2D eigenvalue weighted by atomic mass is 10.0. The van der Waals surface area contributed by atoms with Crippen molar-refractivity contribution in [3.05, 3.63) is 107 Å². The second-order valence-corrected chi connectivity index (χ2v) is 7.00. The van der Waals surface area contributed by atoms with E-state index in [4.69, 9.17) is 9.73 Å². The average Bonchev–Trinajstić information content (AvgIpc) is 2.74. The van der Waals surface area contributed by atoms with Crippen molar-refractivity contribution in [2.45, 2.75) is 20.5 Å². The van der Waals surface area contributed by atoms with Gasteiger partial charge in [0.05, 0.1) is 5.69 Å². The summed E-state index contributed by atoms with van der Waals surface area (Å²) in [7, 11) is 0. The van der Waals surface area contributed by atoms with Crippen LogP contribution in [-0.4, -0.2) is 6.21 Å². The highest BCUT2D eigenvalue weighted by Crippen LogP contribution is 2.28. The first-order valence-electron chi connectivity index (χ1n) is 9.50. The van der Waals surface area contributed by atoms with Crippen LogP contribution in [0, 0.1) is 13.8 Å². The Hall–Kier alpha value is -3.39. The molecule has 0 atom stereocenters. The van der Waals surface area contributed by atoms with Gasteiger partial charge < -0.3 is 4.74 Å². The maximum Gasteiger partial charge on any atom is 0.129 e. The minimum absolute atomic E-state index is 0.531. The molecule has 0 bridgehead atoms. The van der Waals surface area contributed by atoms with Gasteiger partial charge in [-0.1, -0.05) is 66.7 Å². The highest BCUT2D eigenvalue weighted by Gasteiger charge is 2.08. The van der Waals surface area contributed by atoms with Crippen LogP contribution in [0.25, 0.3) is 10.8 Å². The first kappa shape index (κ1) is 18.0. The number of hydrogen-bond donors (Lipinski definition) is 0. The molecule has 138 valence electrons. The zero-order valence-corrected chi connectivity index (χ0v) is 16.2. The van der Waals surface area contributed by atoms with E-state index in [-0.39, 0.29) is 0 Å². The molecule has 4 aromatic carbocycles. The van der Waals surface area contributed by atoms with E-state index in [1.54, 1.807) is 0 Å². The van der Waals surface area contributed by atoms with Gasteiger partial charge in [-0.25, -0.2) is 0 Å². The van der Waals surface area contributed by atoms with E-state index in [1.807, 2.05) is 30.5 Å². The van der Waals surface area contributed by atoms with Crippen molar-refractivity contribution >= 4 is 22.7 Å². The van der Waals surface area contributed by atoms with Gasteiger partial charge in [-0.05, 0) is 59.5 Å². The van der Waals surface area contributed by atoms with E-state index >= 15 is 0 Å². The topological polar surface area (TPSA) is 21.6 Å². The molecular weight excluding hydrogens is 342 g/mol. The molecule has 0 aliphatic rings. The molecule has 0 aliphatic carbocycles. The summed E-state index contributed by atoms with van der Waals surface area (Å²) in [5.74, 6) is 0.843. The molecule has 0 radical (unpaired) electrons. The van der Waals surface area contributed by atoms with Crippen LogP contribution < -0.4 is 4.74 Å². The summed E-state index contributed by atoms with van der Waals surface area (Å²) in [5.41, 5.74) is 5.62. The molecule has 2 heteroatoms. The zero-order chi connectivity index (χ0) is 19.3. The fourth-order valence-electron chi connectivity index (χ4n) is 3.21. The van der Waals surface area contributed by atoms with Crippen molar-refractivity contribution in [3.63, 3.8) is 0 Å². The Labute approximate surface area is 166 Å². The Morgan fingerprint density at radius 1 is 0.786 bits per heavy atom. The van der Waals surface area contributed by atoms with Crippen LogP contribution in [0.2, 0.25) is 0 Å². The van der Waals surface area contributed by atoms with Crippen LogP contribution in [0.15, 0.2) is 89.9 Å². The van der Waals surface area contributed by atoms with Gasteiger partial charge in [0.1, 0.15) is 12.4 Å². The van der Waals surface area contributed by atoms with Gasteiger partial charge >= 0.3 is 0 Å². The van der Waals surface area contributed by atoms with Crippen molar-refractivity contribution in [3.8, 4) is 5.75 Å². The van der Waals surface area contributed by atoms with Crippen LogP contribution in [-0.2, 0) is 6.61 Å². The SMILES string of the molecule is Cc1ccc(N=Cc2c(OCc3ccccc3)ccc3ccccc23)cc1C. The molecule has 4 rings (SSSR count). The first-order valence-corrected chi connectivity index (χ1v) is 9.50. The molecule has 0 heterocycles.